The van der Waals surface area contributed by atoms with E-state index in [2.05, 4.69) is 15.5 Å². The molecule has 0 saturated heterocycles. The molecule has 0 spiro atoms. The van der Waals surface area contributed by atoms with Crippen LogP contribution in [-0.4, -0.2) is 36.0 Å². The van der Waals surface area contributed by atoms with Crippen molar-refractivity contribution in [3.63, 3.8) is 0 Å². The molecule has 0 bridgehead atoms. The van der Waals surface area contributed by atoms with Crippen LogP contribution < -0.4 is 0 Å². The lowest BCUT2D eigenvalue weighted by atomic mass is 10.2. The third-order valence-corrected chi connectivity index (χ3v) is 4.16. The van der Waals surface area contributed by atoms with Gasteiger partial charge in [-0.1, -0.05) is 30.3 Å². The second-order valence-corrected chi connectivity index (χ2v) is 6.44. The highest BCUT2D eigenvalue weighted by atomic mass is 32.2. The summed E-state index contributed by atoms with van der Waals surface area (Å²) in [6.45, 7) is 3.92. The van der Waals surface area contributed by atoms with Crippen molar-refractivity contribution in [3.8, 4) is 0 Å². The van der Waals surface area contributed by atoms with Gasteiger partial charge in [0.2, 0.25) is 0 Å². The molecule has 1 heterocycles. The summed E-state index contributed by atoms with van der Waals surface area (Å²) < 4.78 is 0.837. The van der Waals surface area contributed by atoms with Crippen molar-refractivity contribution in [1.82, 2.24) is 20.2 Å². The zero-order valence-electron chi connectivity index (χ0n) is 11.4. The third kappa shape index (κ3) is 3.57. The van der Waals surface area contributed by atoms with Crippen molar-refractivity contribution in [2.45, 2.75) is 30.9 Å². The lowest BCUT2D eigenvalue weighted by molar-refractivity contribution is -0.138. The number of carboxylic acid groups (broad SMARTS) is 1. The van der Waals surface area contributed by atoms with Gasteiger partial charge in [0.05, 0.1) is 12.3 Å². The van der Waals surface area contributed by atoms with Crippen molar-refractivity contribution in [2.75, 3.05) is 0 Å². The number of hydrogen-bond donors (Lipinski definition) is 1. The van der Waals surface area contributed by atoms with E-state index in [-0.39, 0.29) is 0 Å². The van der Waals surface area contributed by atoms with Gasteiger partial charge in [0, 0.05) is 0 Å². The normalized spacial score (nSPS) is 11.5. The predicted molar refractivity (Wildman–Crippen MR) is 76.4 cm³/mol. The van der Waals surface area contributed by atoms with Crippen LogP contribution in [0, 0.1) is 0 Å². The molecule has 7 heteroatoms. The van der Waals surface area contributed by atoms with Crippen LogP contribution in [0.15, 0.2) is 30.3 Å². The molecule has 0 fully saturated rings. The quantitative estimate of drug-likeness (QED) is 0.874. The van der Waals surface area contributed by atoms with E-state index in [0.29, 0.717) is 18.1 Å². The van der Waals surface area contributed by atoms with Gasteiger partial charge >= 0.3 is 5.97 Å². The molecular weight excluding hydrogens is 276 g/mol. The third-order valence-electron chi connectivity index (χ3n) is 2.86. The Balaban J connectivity index is 2.04. The van der Waals surface area contributed by atoms with Crippen LogP contribution in [0.5, 0.6) is 0 Å². The number of aromatic nitrogens is 4. The molecule has 1 aromatic heterocycles. The summed E-state index contributed by atoms with van der Waals surface area (Å²) in [4.78, 5) is 11.1. The molecule has 0 radical (unpaired) electrons. The molecule has 20 heavy (non-hydrogen) atoms. The minimum Gasteiger partial charge on any atom is -0.480 e. The fraction of sp³-hybridized carbons (Fsp3) is 0.385. The van der Waals surface area contributed by atoms with Gasteiger partial charge < -0.3 is 5.11 Å². The second kappa shape index (κ2) is 6.04. The lowest BCUT2D eigenvalue weighted by Gasteiger charge is -2.17. The molecule has 106 valence electrons. The van der Waals surface area contributed by atoms with E-state index in [1.165, 1.54) is 11.8 Å². The van der Waals surface area contributed by atoms with Gasteiger partial charge in [-0.05, 0) is 29.8 Å². The molecule has 1 N–H and O–H groups in total. The van der Waals surface area contributed by atoms with Gasteiger partial charge in [-0.15, -0.1) is 16.9 Å². The van der Waals surface area contributed by atoms with E-state index in [4.69, 9.17) is 5.11 Å². The molecule has 6 nitrogen and oxygen atoms in total. The molecule has 0 saturated carbocycles. The average Bonchev–Trinajstić information content (AvgIpc) is 2.85. The van der Waals surface area contributed by atoms with Crippen molar-refractivity contribution < 1.29 is 9.90 Å². The largest absolute Gasteiger partial charge is 0.480 e. The molecule has 0 aliphatic rings. The van der Waals surface area contributed by atoms with Gasteiger partial charge in [-0.2, -0.15) is 0 Å². The summed E-state index contributed by atoms with van der Waals surface area (Å²) in [5.41, 5.74) is 1.10. The Hall–Kier alpha value is -1.89. The van der Waals surface area contributed by atoms with E-state index in [0.717, 1.165) is 5.56 Å². The molecule has 0 atom stereocenters. The Kier molecular flexibility index (Phi) is 4.39. The number of carbonyl (C=O) groups is 1. The topological polar surface area (TPSA) is 80.9 Å². The van der Waals surface area contributed by atoms with Crippen LogP contribution in [-0.2, 0) is 17.1 Å². The number of rotatable bonds is 6. The predicted octanol–water partition coefficient (Wildman–Crippen LogP) is 1.82. The maximum Gasteiger partial charge on any atom is 0.319 e. The highest BCUT2D eigenvalue weighted by molar-refractivity contribution is 8.00. The molecule has 0 aliphatic carbocycles. The standard InChI is InChI=1S/C13H16N4O2S/c1-13(2,12(18)19)20-9-11-14-15-16-17(11)8-10-6-4-3-5-7-10/h3-7H,8-9H2,1-2H3,(H,18,19). The summed E-state index contributed by atoms with van der Waals surface area (Å²) in [6.07, 6.45) is 0. The van der Waals surface area contributed by atoms with Gasteiger partial charge in [-0.3, -0.25) is 4.79 Å². The van der Waals surface area contributed by atoms with Crippen molar-refractivity contribution in [3.05, 3.63) is 41.7 Å². The molecule has 1 aromatic carbocycles. The zero-order valence-corrected chi connectivity index (χ0v) is 12.2. The Bertz CT molecular complexity index is 583. The highest BCUT2D eigenvalue weighted by Crippen LogP contribution is 2.27. The molecule has 0 aliphatic heterocycles. The number of hydrogen-bond acceptors (Lipinski definition) is 5. The summed E-state index contributed by atoms with van der Waals surface area (Å²) in [7, 11) is 0. The van der Waals surface area contributed by atoms with E-state index in [1.54, 1.807) is 18.5 Å². The van der Waals surface area contributed by atoms with Gasteiger partial charge in [0.25, 0.3) is 0 Å². The Labute approximate surface area is 121 Å². The SMILES string of the molecule is CC(C)(SCc1nnnn1Cc1ccccc1)C(=O)O. The molecule has 0 unspecified atom stereocenters. The first-order valence-electron chi connectivity index (χ1n) is 6.15. The van der Waals surface area contributed by atoms with Gasteiger partial charge in [0.1, 0.15) is 4.75 Å². The maximum absolute atomic E-state index is 11.1. The van der Waals surface area contributed by atoms with Gasteiger partial charge in [-0.25, -0.2) is 4.68 Å². The first kappa shape index (κ1) is 14.5. The Morgan fingerprint density at radius 2 is 2.05 bits per heavy atom. The van der Waals surface area contributed by atoms with Crippen LogP contribution in [0.4, 0.5) is 0 Å². The zero-order chi connectivity index (χ0) is 14.6. The number of benzene rings is 1. The number of nitrogens with zero attached hydrogens (tertiary/aromatic N) is 4. The van der Waals surface area contributed by atoms with Crippen LogP contribution in [0.25, 0.3) is 0 Å². The van der Waals surface area contributed by atoms with E-state index in [9.17, 15) is 4.79 Å². The first-order valence-corrected chi connectivity index (χ1v) is 7.14. The maximum atomic E-state index is 11.1. The molecule has 2 rings (SSSR count). The Morgan fingerprint density at radius 1 is 1.35 bits per heavy atom. The number of aliphatic carboxylic acids is 1. The smallest absolute Gasteiger partial charge is 0.319 e. The summed E-state index contributed by atoms with van der Waals surface area (Å²) in [5.74, 6) is 0.289. The monoisotopic (exact) mass is 292 g/mol. The Morgan fingerprint density at radius 3 is 2.70 bits per heavy atom. The first-order chi connectivity index (χ1) is 9.49. The minimum atomic E-state index is -0.858. The van der Waals surface area contributed by atoms with Crippen molar-refractivity contribution >= 4 is 17.7 Å². The molecule has 0 amide bonds. The lowest BCUT2D eigenvalue weighted by Crippen LogP contribution is -2.27. The van der Waals surface area contributed by atoms with E-state index < -0.39 is 10.7 Å². The number of tetrazole rings is 1. The summed E-state index contributed by atoms with van der Waals surface area (Å²) >= 11 is 1.31. The highest BCUT2D eigenvalue weighted by Gasteiger charge is 2.28. The summed E-state index contributed by atoms with van der Waals surface area (Å²) in [6, 6.07) is 9.87. The molecular formula is C13H16N4O2S. The van der Waals surface area contributed by atoms with Crippen LogP contribution in [0.1, 0.15) is 25.2 Å². The van der Waals surface area contributed by atoms with Gasteiger partial charge in [0.15, 0.2) is 5.82 Å². The fourth-order valence-corrected chi connectivity index (χ4v) is 2.33. The average molecular weight is 292 g/mol. The second-order valence-electron chi connectivity index (χ2n) is 4.84. The van der Waals surface area contributed by atoms with E-state index in [1.807, 2.05) is 30.3 Å². The number of thioether (sulfide) groups is 1. The van der Waals surface area contributed by atoms with Crippen LogP contribution in [0.3, 0.4) is 0 Å². The van der Waals surface area contributed by atoms with Crippen LogP contribution >= 0.6 is 11.8 Å². The van der Waals surface area contributed by atoms with Crippen molar-refractivity contribution in [2.24, 2.45) is 0 Å². The number of carboxylic acids is 1. The fourth-order valence-electron chi connectivity index (χ4n) is 1.51. The summed E-state index contributed by atoms with van der Waals surface area (Å²) in [5, 5.41) is 20.7. The van der Waals surface area contributed by atoms with E-state index >= 15 is 0 Å². The minimum absolute atomic E-state index is 0.457. The van der Waals surface area contributed by atoms with Crippen LogP contribution in [0.2, 0.25) is 0 Å². The van der Waals surface area contributed by atoms with Crippen molar-refractivity contribution in [1.29, 1.82) is 0 Å². The molecule has 2 aromatic rings.